The molecule has 0 nitrogen and oxygen atoms in total. The van der Waals surface area contributed by atoms with Crippen LogP contribution in [0.3, 0.4) is 0 Å². The topological polar surface area (TPSA) is 0 Å². The molecule has 0 heteroatoms. The number of fused-ring (bicyclic) bond motifs is 1. The summed E-state index contributed by atoms with van der Waals surface area (Å²) in [6.45, 7) is 13.6. The first-order valence-corrected chi connectivity index (χ1v) is 9.22. The number of hydrogen-bond donors (Lipinski definition) is 0. The Morgan fingerprint density at radius 2 is 1.58 bits per heavy atom. The van der Waals surface area contributed by atoms with Gasteiger partial charge in [0.15, 0.2) is 0 Å². The van der Waals surface area contributed by atoms with Crippen LogP contribution in [0, 0.1) is 26.2 Å². The summed E-state index contributed by atoms with van der Waals surface area (Å²) in [6.07, 6.45) is 6.01. The summed E-state index contributed by atoms with van der Waals surface area (Å²) in [7, 11) is 0. The van der Waals surface area contributed by atoms with Crippen molar-refractivity contribution in [3.63, 3.8) is 0 Å². The van der Waals surface area contributed by atoms with Crippen LogP contribution in [-0.4, -0.2) is 0 Å². The first kappa shape index (κ1) is 17.0. The highest BCUT2D eigenvalue weighted by atomic mass is 14.3. The van der Waals surface area contributed by atoms with Gasteiger partial charge >= 0.3 is 0 Å². The molecule has 0 N–H and O–H groups in total. The lowest BCUT2D eigenvalue weighted by Crippen LogP contribution is -1.98. The van der Waals surface area contributed by atoms with Gasteiger partial charge in [0.1, 0.15) is 0 Å². The summed E-state index contributed by atoms with van der Waals surface area (Å²) in [6, 6.07) is 11.6. The van der Waals surface area contributed by atoms with Crippen LogP contribution in [0.25, 0.3) is 17.2 Å². The maximum Gasteiger partial charge on any atom is 0.0167 e. The Hall–Kier alpha value is -1.82. The highest BCUT2D eigenvalue weighted by Gasteiger charge is 2.23. The first-order valence-electron chi connectivity index (χ1n) is 9.22. The summed E-state index contributed by atoms with van der Waals surface area (Å²) in [5.41, 5.74) is 11.2. The van der Waals surface area contributed by atoms with Gasteiger partial charge in [0.25, 0.3) is 0 Å². The number of benzene rings is 2. The Labute approximate surface area is 147 Å². The van der Waals surface area contributed by atoms with Gasteiger partial charge in [0.05, 0.1) is 0 Å². The van der Waals surface area contributed by atoms with Gasteiger partial charge < -0.3 is 0 Å². The van der Waals surface area contributed by atoms with Crippen molar-refractivity contribution >= 4 is 6.08 Å². The second-order valence-electron chi connectivity index (χ2n) is 7.66. The number of hydrogen-bond acceptors (Lipinski definition) is 0. The minimum atomic E-state index is 0.521. The third kappa shape index (κ3) is 3.07. The molecule has 1 aliphatic carbocycles. The Bertz CT molecular complexity index is 770. The van der Waals surface area contributed by atoms with Crippen molar-refractivity contribution in [1.82, 2.24) is 0 Å². The largest absolute Gasteiger partial charge is 0.0648 e. The molecule has 0 saturated carbocycles. The summed E-state index contributed by atoms with van der Waals surface area (Å²) < 4.78 is 0. The zero-order valence-electron chi connectivity index (χ0n) is 15.9. The van der Waals surface area contributed by atoms with Crippen molar-refractivity contribution in [3.8, 4) is 11.1 Å². The fraction of sp³-hybridized carbons (Fsp3) is 0.375. The lowest BCUT2D eigenvalue weighted by atomic mass is 9.86. The quantitative estimate of drug-likeness (QED) is 0.564. The van der Waals surface area contributed by atoms with E-state index in [9.17, 15) is 0 Å². The van der Waals surface area contributed by atoms with E-state index in [0.717, 1.165) is 0 Å². The van der Waals surface area contributed by atoms with E-state index in [4.69, 9.17) is 0 Å². The van der Waals surface area contributed by atoms with Crippen molar-refractivity contribution in [2.24, 2.45) is 5.92 Å². The second-order valence-corrected chi connectivity index (χ2v) is 7.66. The van der Waals surface area contributed by atoms with Gasteiger partial charge in [-0.1, -0.05) is 80.8 Å². The van der Waals surface area contributed by atoms with E-state index in [-0.39, 0.29) is 0 Å². The van der Waals surface area contributed by atoms with Crippen LogP contribution in [-0.2, 0) is 0 Å². The smallest absolute Gasteiger partial charge is 0.0167 e. The predicted molar refractivity (Wildman–Crippen MR) is 106 cm³/mol. The Morgan fingerprint density at radius 3 is 2.17 bits per heavy atom. The third-order valence-electron chi connectivity index (χ3n) is 5.26. The molecule has 2 aromatic carbocycles. The molecule has 0 heterocycles. The molecule has 0 fully saturated rings. The summed E-state index contributed by atoms with van der Waals surface area (Å²) in [4.78, 5) is 0. The second kappa shape index (κ2) is 6.59. The highest BCUT2D eigenvalue weighted by Crippen LogP contribution is 2.42. The summed E-state index contributed by atoms with van der Waals surface area (Å²) in [5, 5.41) is 0. The maximum absolute atomic E-state index is 2.43. The van der Waals surface area contributed by atoms with Gasteiger partial charge in [0, 0.05) is 6.42 Å². The Morgan fingerprint density at radius 1 is 0.917 bits per heavy atom. The average Bonchev–Trinajstić information content (AvgIpc) is 2.95. The molecule has 2 aromatic rings. The third-order valence-corrected chi connectivity index (χ3v) is 5.26. The van der Waals surface area contributed by atoms with E-state index >= 15 is 0 Å². The summed E-state index contributed by atoms with van der Waals surface area (Å²) in [5.74, 6) is 1.14. The van der Waals surface area contributed by atoms with E-state index in [1.54, 1.807) is 0 Å². The van der Waals surface area contributed by atoms with Crippen molar-refractivity contribution < 1.29 is 0 Å². The molecule has 1 atom stereocenters. The van der Waals surface area contributed by atoms with Crippen LogP contribution in [0.2, 0.25) is 0 Å². The Kier molecular flexibility index (Phi) is 4.67. The lowest BCUT2D eigenvalue weighted by molar-refractivity contribution is 0.669. The van der Waals surface area contributed by atoms with Crippen LogP contribution in [0.5, 0.6) is 0 Å². The van der Waals surface area contributed by atoms with Crippen LogP contribution in [0.1, 0.15) is 67.9 Å². The van der Waals surface area contributed by atoms with Crippen molar-refractivity contribution in [1.29, 1.82) is 0 Å². The van der Waals surface area contributed by atoms with Crippen LogP contribution >= 0.6 is 0 Å². The van der Waals surface area contributed by atoms with E-state index < -0.39 is 0 Å². The van der Waals surface area contributed by atoms with Gasteiger partial charge in [-0.05, 0) is 59.9 Å². The fourth-order valence-corrected chi connectivity index (χ4v) is 3.76. The van der Waals surface area contributed by atoms with E-state index in [1.165, 1.54) is 50.9 Å². The normalized spacial score (nSPS) is 14.7. The standard InChI is InChI=1S/C24H29/c1-7-18(6)20-13-19-8-9-22(15(2)3)24(23(19)14-20)21-11-16(4)10-17(5)12-21/h8-15,18H,7H2,1-6H3. The molecule has 0 amide bonds. The predicted octanol–water partition coefficient (Wildman–Crippen LogP) is 7.09. The molecule has 0 aromatic heterocycles. The van der Waals surface area contributed by atoms with Crippen molar-refractivity contribution in [2.75, 3.05) is 0 Å². The highest BCUT2D eigenvalue weighted by molar-refractivity contribution is 5.86. The Balaban J connectivity index is 2.24. The molecular weight excluding hydrogens is 288 g/mol. The molecule has 125 valence electrons. The average molecular weight is 317 g/mol. The minimum Gasteiger partial charge on any atom is -0.0648 e. The molecule has 0 spiro atoms. The van der Waals surface area contributed by atoms with Crippen molar-refractivity contribution in [2.45, 2.75) is 53.9 Å². The molecule has 1 unspecified atom stereocenters. The number of rotatable bonds is 4. The number of allylic oxidation sites excluding steroid dienone is 1. The van der Waals surface area contributed by atoms with Gasteiger partial charge in [0.2, 0.25) is 0 Å². The van der Waals surface area contributed by atoms with Crippen LogP contribution < -0.4 is 0 Å². The first-order chi connectivity index (χ1) is 11.4. The molecule has 0 saturated heterocycles. The molecular formula is C24H29. The fourth-order valence-electron chi connectivity index (χ4n) is 3.76. The van der Waals surface area contributed by atoms with Crippen LogP contribution in [0.4, 0.5) is 0 Å². The van der Waals surface area contributed by atoms with Gasteiger partial charge in [-0.25, -0.2) is 0 Å². The van der Waals surface area contributed by atoms with Gasteiger partial charge in [-0.2, -0.15) is 0 Å². The monoisotopic (exact) mass is 317 g/mol. The van der Waals surface area contributed by atoms with Gasteiger partial charge in [-0.3, -0.25) is 0 Å². The molecule has 24 heavy (non-hydrogen) atoms. The van der Waals surface area contributed by atoms with Gasteiger partial charge in [-0.15, -0.1) is 0 Å². The molecule has 1 aliphatic rings. The van der Waals surface area contributed by atoms with Crippen molar-refractivity contribution in [3.05, 3.63) is 70.1 Å². The molecule has 0 aliphatic heterocycles. The maximum atomic E-state index is 2.43. The van der Waals surface area contributed by atoms with E-state index in [0.29, 0.717) is 11.8 Å². The SMILES string of the molecule is CCC(C)C1=Cc2c(ccc(C(C)C)c2-c2cc(C)cc(C)c2)[CH]1. The summed E-state index contributed by atoms with van der Waals surface area (Å²) >= 11 is 0. The molecule has 3 rings (SSSR count). The van der Waals surface area contributed by atoms with E-state index in [1.807, 2.05) is 0 Å². The zero-order chi connectivity index (χ0) is 17.4. The van der Waals surface area contributed by atoms with E-state index in [2.05, 4.69) is 84.4 Å². The molecule has 1 radical (unpaired) electrons. The zero-order valence-corrected chi connectivity index (χ0v) is 15.9. The lowest BCUT2D eigenvalue weighted by Gasteiger charge is -2.18. The minimum absolute atomic E-state index is 0.521. The number of aryl methyl sites for hydroxylation is 2. The molecule has 0 bridgehead atoms. The van der Waals surface area contributed by atoms with Crippen LogP contribution in [0.15, 0.2) is 35.9 Å².